The average Bonchev–Trinajstić information content (AvgIpc) is 3.10. The smallest absolute Gasteiger partial charge is 0.242 e. The second kappa shape index (κ2) is 6.34. The summed E-state index contributed by atoms with van der Waals surface area (Å²) in [5, 5.41) is 0. The maximum Gasteiger partial charge on any atom is 0.242 e. The van der Waals surface area contributed by atoms with Gasteiger partial charge in [-0.1, -0.05) is 0 Å². The van der Waals surface area contributed by atoms with E-state index in [1.807, 2.05) is 12.1 Å². The highest BCUT2D eigenvalue weighted by molar-refractivity contribution is 8.00. The van der Waals surface area contributed by atoms with Crippen LogP contribution in [0.1, 0.15) is 6.42 Å². The first kappa shape index (κ1) is 14.2. The number of rotatable bonds is 4. The summed E-state index contributed by atoms with van der Waals surface area (Å²) in [7, 11) is 0. The molecule has 2 saturated heterocycles. The van der Waals surface area contributed by atoms with Crippen molar-refractivity contribution in [3.8, 4) is 5.75 Å². The zero-order chi connectivity index (χ0) is 14.7. The topological polar surface area (TPSA) is 62.7 Å². The van der Waals surface area contributed by atoms with Crippen LogP contribution in [-0.4, -0.2) is 64.0 Å². The van der Waals surface area contributed by atoms with E-state index >= 15 is 0 Å². The van der Waals surface area contributed by atoms with Gasteiger partial charge in [0.1, 0.15) is 18.4 Å². The Hall–Kier alpha value is -1.76. The van der Waals surface area contributed by atoms with Gasteiger partial charge in [-0.2, -0.15) is 0 Å². The van der Waals surface area contributed by atoms with Gasteiger partial charge >= 0.3 is 0 Å². The van der Waals surface area contributed by atoms with Crippen LogP contribution >= 0.6 is 11.8 Å². The molecule has 3 heterocycles. The SMILES string of the molecule is O=C1CSCN1CC(=O)N1CC[C@@H](Oc2ccncc2)C1. The standard InChI is InChI=1S/C14H17N3O3S/c18-13(8-17-10-21-9-14(17)19)16-6-3-12(7-16)20-11-1-4-15-5-2-11/h1-2,4-5,12H,3,6-10H2/t12-/m1/s1. The van der Waals surface area contributed by atoms with Gasteiger partial charge in [0.2, 0.25) is 11.8 Å². The molecule has 0 aromatic carbocycles. The van der Waals surface area contributed by atoms with Gasteiger partial charge in [0.25, 0.3) is 0 Å². The lowest BCUT2D eigenvalue weighted by Gasteiger charge is -2.21. The van der Waals surface area contributed by atoms with Crippen molar-refractivity contribution < 1.29 is 14.3 Å². The number of thioether (sulfide) groups is 1. The molecule has 0 unspecified atom stereocenters. The van der Waals surface area contributed by atoms with E-state index in [1.165, 1.54) is 0 Å². The van der Waals surface area contributed by atoms with Gasteiger partial charge in [0, 0.05) is 25.4 Å². The normalized spacial score (nSPS) is 21.9. The number of likely N-dealkylation sites (tertiary alicyclic amines) is 1. The molecule has 0 N–H and O–H groups in total. The lowest BCUT2D eigenvalue weighted by Crippen LogP contribution is -2.40. The first-order valence-electron chi connectivity index (χ1n) is 6.92. The predicted octanol–water partition coefficient (Wildman–Crippen LogP) is 0.594. The maximum absolute atomic E-state index is 12.2. The molecule has 0 saturated carbocycles. The van der Waals surface area contributed by atoms with Crippen LogP contribution in [0.2, 0.25) is 0 Å². The van der Waals surface area contributed by atoms with Gasteiger partial charge in [-0.3, -0.25) is 14.6 Å². The highest BCUT2D eigenvalue weighted by atomic mass is 32.2. The van der Waals surface area contributed by atoms with E-state index in [-0.39, 0.29) is 24.5 Å². The van der Waals surface area contributed by atoms with Gasteiger partial charge < -0.3 is 14.5 Å². The van der Waals surface area contributed by atoms with Crippen molar-refractivity contribution in [3.05, 3.63) is 24.5 Å². The summed E-state index contributed by atoms with van der Waals surface area (Å²) in [5.74, 6) is 1.94. The number of carbonyl (C=O) groups excluding carboxylic acids is 2. The molecule has 1 aromatic heterocycles. The van der Waals surface area contributed by atoms with Crippen molar-refractivity contribution in [2.24, 2.45) is 0 Å². The van der Waals surface area contributed by atoms with Crippen LogP contribution in [-0.2, 0) is 9.59 Å². The summed E-state index contributed by atoms with van der Waals surface area (Å²) < 4.78 is 5.83. The number of aromatic nitrogens is 1. The number of carbonyl (C=O) groups is 2. The number of hydrogen-bond acceptors (Lipinski definition) is 5. The van der Waals surface area contributed by atoms with Crippen molar-refractivity contribution in [1.82, 2.24) is 14.8 Å². The van der Waals surface area contributed by atoms with Gasteiger partial charge in [-0.15, -0.1) is 11.8 Å². The molecule has 2 fully saturated rings. The third-order valence-electron chi connectivity index (χ3n) is 3.60. The molecule has 6 nitrogen and oxygen atoms in total. The second-order valence-corrected chi connectivity index (χ2v) is 6.08. The van der Waals surface area contributed by atoms with Crippen LogP contribution in [0, 0.1) is 0 Å². The lowest BCUT2D eigenvalue weighted by molar-refractivity contribution is -0.137. The zero-order valence-corrected chi connectivity index (χ0v) is 12.4. The Kier molecular flexibility index (Phi) is 4.28. The fourth-order valence-electron chi connectivity index (χ4n) is 2.46. The second-order valence-electron chi connectivity index (χ2n) is 5.12. The van der Waals surface area contributed by atoms with Crippen molar-refractivity contribution >= 4 is 23.6 Å². The predicted molar refractivity (Wildman–Crippen MR) is 78.9 cm³/mol. The number of ether oxygens (including phenoxy) is 1. The Morgan fingerprint density at radius 1 is 1.43 bits per heavy atom. The number of pyridine rings is 1. The van der Waals surface area contributed by atoms with Crippen LogP contribution in [0.5, 0.6) is 5.75 Å². The van der Waals surface area contributed by atoms with Crippen LogP contribution in [0.3, 0.4) is 0 Å². The minimum Gasteiger partial charge on any atom is -0.488 e. The van der Waals surface area contributed by atoms with Gasteiger partial charge in [-0.25, -0.2) is 0 Å². The molecule has 112 valence electrons. The molecule has 1 atom stereocenters. The van der Waals surface area contributed by atoms with E-state index < -0.39 is 0 Å². The summed E-state index contributed by atoms with van der Waals surface area (Å²) in [4.78, 5) is 31.1. The Labute approximate surface area is 127 Å². The first-order valence-corrected chi connectivity index (χ1v) is 8.08. The molecule has 21 heavy (non-hydrogen) atoms. The quantitative estimate of drug-likeness (QED) is 0.815. The monoisotopic (exact) mass is 307 g/mol. The van der Waals surface area contributed by atoms with E-state index in [0.717, 1.165) is 12.2 Å². The Morgan fingerprint density at radius 2 is 2.24 bits per heavy atom. The van der Waals surface area contributed by atoms with Crippen LogP contribution < -0.4 is 4.74 Å². The van der Waals surface area contributed by atoms with Gasteiger partial charge in [0.05, 0.1) is 18.2 Å². The third-order valence-corrected chi connectivity index (χ3v) is 4.55. The molecular weight excluding hydrogens is 290 g/mol. The highest BCUT2D eigenvalue weighted by Crippen LogP contribution is 2.19. The van der Waals surface area contributed by atoms with Crippen molar-refractivity contribution in [2.75, 3.05) is 31.3 Å². The highest BCUT2D eigenvalue weighted by Gasteiger charge is 2.30. The van der Waals surface area contributed by atoms with E-state index in [9.17, 15) is 9.59 Å². The molecule has 2 amide bonds. The molecule has 2 aliphatic rings. The average molecular weight is 307 g/mol. The van der Waals surface area contributed by atoms with Crippen LogP contribution in [0.15, 0.2) is 24.5 Å². The molecule has 7 heteroatoms. The van der Waals surface area contributed by atoms with E-state index in [0.29, 0.717) is 24.7 Å². The van der Waals surface area contributed by atoms with Crippen molar-refractivity contribution in [3.63, 3.8) is 0 Å². The van der Waals surface area contributed by atoms with Crippen molar-refractivity contribution in [1.29, 1.82) is 0 Å². The molecule has 0 bridgehead atoms. The molecule has 2 aliphatic heterocycles. The van der Waals surface area contributed by atoms with E-state index in [2.05, 4.69) is 4.98 Å². The number of hydrogen-bond donors (Lipinski definition) is 0. The zero-order valence-electron chi connectivity index (χ0n) is 11.6. The minimum absolute atomic E-state index is 0.00618. The van der Waals surface area contributed by atoms with E-state index in [1.54, 1.807) is 34.0 Å². The van der Waals surface area contributed by atoms with Gasteiger partial charge in [-0.05, 0) is 12.1 Å². The third kappa shape index (κ3) is 3.47. The van der Waals surface area contributed by atoms with Crippen LogP contribution in [0.4, 0.5) is 0 Å². The molecule has 0 spiro atoms. The summed E-state index contributed by atoms with van der Waals surface area (Å²) in [6.07, 6.45) is 4.20. The molecule has 0 radical (unpaired) electrons. The first-order chi connectivity index (χ1) is 10.2. The summed E-state index contributed by atoms with van der Waals surface area (Å²) in [6, 6.07) is 3.62. The Bertz CT molecular complexity index is 525. The Morgan fingerprint density at radius 3 is 2.95 bits per heavy atom. The van der Waals surface area contributed by atoms with Crippen molar-refractivity contribution in [2.45, 2.75) is 12.5 Å². The number of nitrogens with zero attached hydrogens (tertiary/aromatic N) is 3. The largest absolute Gasteiger partial charge is 0.488 e. The van der Waals surface area contributed by atoms with Gasteiger partial charge in [0.15, 0.2) is 0 Å². The lowest BCUT2D eigenvalue weighted by atomic mass is 10.3. The molecule has 0 aliphatic carbocycles. The fourth-order valence-corrected chi connectivity index (χ4v) is 3.37. The number of amides is 2. The summed E-state index contributed by atoms with van der Waals surface area (Å²) in [6.45, 7) is 1.45. The fraction of sp³-hybridized carbons (Fsp3) is 0.500. The molecule has 3 rings (SSSR count). The van der Waals surface area contributed by atoms with Crippen LogP contribution in [0.25, 0.3) is 0 Å². The molecular formula is C14H17N3O3S. The minimum atomic E-state index is 0.00618. The Balaban J connectivity index is 1.50. The maximum atomic E-state index is 12.2. The summed E-state index contributed by atoms with van der Waals surface area (Å²) in [5.41, 5.74) is 0. The molecule has 1 aromatic rings. The van der Waals surface area contributed by atoms with E-state index in [4.69, 9.17) is 4.74 Å². The summed E-state index contributed by atoms with van der Waals surface area (Å²) >= 11 is 1.55.